The van der Waals surface area contributed by atoms with Crippen LogP contribution in [0.5, 0.6) is 5.75 Å². The molecule has 4 heteroatoms. The van der Waals surface area contributed by atoms with Crippen LogP contribution in [0.4, 0.5) is 4.79 Å². The third kappa shape index (κ3) is 5.08. The average Bonchev–Trinajstić information content (AvgIpc) is 2.64. The summed E-state index contributed by atoms with van der Waals surface area (Å²) < 4.78 is 10.3. The third-order valence-corrected chi connectivity index (χ3v) is 4.10. The maximum atomic E-state index is 12.1. The number of hydrogen-bond donors (Lipinski definition) is 0. The van der Waals surface area contributed by atoms with E-state index < -0.39 is 11.8 Å². The van der Waals surface area contributed by atoms with Crippen LogP contribution in [-0.2, 0) is 4.74 Å². The second-order valence-corrected chi connectivity index (χ2v) is 8.07. The monoisotopic (exact) mass is 318 g/mol. The molecule has 1 saturated carbocycles. The van der Waals surface area contributed by atoms with Crippen LogP contribution < -0.4 is 10.2 Å². The molecule has 0 radical (unpaired) electrons. The van der Waals surface area contributed by atoms with Crippen molar-refractivity contribution in [3.05, 3.63) is 40.1 Å². The van der Waals surface area contributed by atoms with Gasteiger partial charge in [0, 0.05) is 0 Å². The van der Waals surface area contributed by atoms with Crippen molar-refractivity contribution in [3.8, 4) is 5.75 Å². The summed E-state index contributed by atoms with van der Waals surface area (Å²) in [6.45, 7) is 9.77. The summed E-state index contributed by atoms with van der Waals surface area (Å²) in [7, 11) is 0. The number of rotatable bonds is 2. The molecule has 1 aromatic rings. The van der Waals surface area contributed by atoms with Gasteiger partial charge in [-0.1, -0.05) is 26.0 Å². The Morgan fingerprint density at radius 2 is 1.96 bits per heavy atom. The van der Waals surface area contributed by atoms with Crippen LogP contribution in [0.15, 0.2) is 29.1 Å². The van der Waals surface area contributed by atoms with Gasteiger partial charge < -0.3 is 9.47 Å². The van der Waals surface area contributed by atoms with Gasteiger partial charge in [-0.05, 0) is 69.1 Å². The van der Waals surface area contributed by atoms with E-state index in [1.165, 1.54) is 6.07 Å². The van der Waals surface area contributed by atoms with Gasteiger partial charge in [0.25, 0.3) is 0 Å². The molecule has 1 atom stereocenters. The normalized spacial score (nSPS) is 20.1. The number of carbonyl (C=O) groups excluding carboxylic acids is 1. The highest BCUT2D eigenvalue weighted by molar-refractivity contribution is 5.64. The summed E-state index contributed by atoms with van der Waals surface area (Å²) in [5.74, 6) is 0.418. The minimum atomic E-state index is -0.849. The van der Waals surface area contributed by atoms with E-state index in [0.29, 0.717) is 11.3 Å². The molecule has 0 saturated heterocycles. The van der Waals surface area contributed by atoms with Crippen LogP contribution in [-0.4, -0.2) is 11.8 Å². The van der Waals surface area contributed by atoms with Crippen LogP contribution in [0, 0.1) is 5.41 Å². The molecule has 0 bridgehead atoms. The van der Waals surface area contributed by atoms with Crippen LogP contribution >= 0.6 is 0 Å². The van der Waals surface area contributed by atoms with Crippen molar-refractivity contribution in [1.29, 1.82) is 0 Å². The van der Waals surface area contributed by atoms with Gasteiger partial charge in [-0.3, -0.25) is 4.79 Å². The van der Waals surface area contributed by atoms with Crippen molar-refractivity contribution in [2.45, 2.75) is 65.4 Å². The van der Waals surface area contributed by atoms with Crippen molar-refractivity contribution in [3.63, 3.8) is 0 Å². The smallest absolute Gasteiger partial charge is 0.428 e. The number of ether oxygens (including phenoxy) is 2. The van der Waals surface area contributed by atoms with E-state index in [1.54, 1.807) is 32.9 Å². The lowest BCUT2D eigenvalue weighted by Gasteiger charge is -2.18. The summed E-state index contributed by atoms with van der Waals surface area (Å²) in [5, 5.41) is 0. The van der Waals surface area contributed by atoms with Gasteiger partial charge in [-0.25, -0.2) is 4.79 Å². The molecule has 2 rings (SSSR count). The zero-order chi connectivity index (χ0) is 17.3. The molecule has 4 nitrogen and oxygen atoms in total. The molecular weight excluding hydrogens is 292 g/mol. The van der Waals surface area contributed by atoms with E-state index in [9.17, 15) is 9.59 Å². The van der Waals surface area contributed by atoms with E-state index in [0.717, 1.165) is 24.8 Å². The van der Waals surface area contributed by atoms with E-state index in [1.807, 2.05) is 6.07 Å². The Kier molecular flexibility index (Phi) is 4.83. The summed E-state index contributed by atoms with van der Waals surface area (Å²) in [6, 6.07) is 6.78. The zero-order valence-electron chi connectivity index (χ0n) is 14.6. The number of carbonyl (C=O) groups is 1. The molecule has 0 amide bonds. The topological polar surface area (TPSA) is 52.6 Å². The van der Waals surface area contributed by atoms with Gasteiger partial charge in [-0.2, -0.15) is 0 Å². The van der Waals surface area contributed by atoms with Crippen LogP contribution in [0.1, 0.15) is 65.4 Å². The van der Waals surface area contributed by atoms with Crippen molar-refractivity contribution < 1.29 is 14.3 Å². The lowest BCUT2D eigenvalue weighted by Crippen LogP contribution is -2.27. The Hall–Kier alpha value is -1.84. The highest BCUT2D eigenvalue weighted by Gasteiger charge is 2.32. The standard InChI is InChI=1S/C19H26O4/c1-18(2,3)23-17(21)22-16-11-13(7-6-8-15(16)20)14-9-10-19(4,5)12-14/h6-8,11,14H,9-10,12H2,1-5H3. The molecule has 0 aromatic heterocycles. The lowest BCUT2D eigenvalue weighted by atomic mass is 9.89. The van der Waals surface area contributed by atoms with Gasteiger partial charge in [0.15, 0.2) is 5.75 Å². The largest absolute Gasteiger partial charge is 0.514 e. The van der Waals surface area contributed by atoms with Crippen molar-refractivity contribution in [2.24, 2.45) is 5.41 Å². The second-order valence-electron chi connectivity index (χ2n) is 8.07. The molecule has 126 valence electrons. The molecule has 1 aliphatic rings. The van der Waals surface area contributed by atoms with Gasteiger partial charge in [0.2, 0.25) is 5.43 Å². The molecule has 0 spiro atoms. The van der Waals surface area contributed by atoms with Crippen LogP contribution in [0.3, 0.4) is 0 Å². The van der Waals surface area contributed by atoms with E-state index in [-0.39, 0.29) is 11.2 Å². The van der Waals surface area contributed by atoms with Crippen LogP contribution in [0.25, 0.3) is 0 Å². The fourth-order valence-electron chi connectivity index (χ4n) is 3.01. The minimum absolute atomic E-state index is 0.0314. The Balaban J connectivity index is 2.24. The Morgan fingerprint density at radius 3 is 2.52 bits per heavy atom. The first-order valence-corrected chi connectivity index (χ1v) is 8.11. The van der Waals surface area contributed by atoms with Crippen molar-refractivity contribution in [2.75, 3.05) is 0 Å². The molecule has 1 aliphatic carbocycles. The summed E-state index contributed by atoms with van der Waals surface area (Å²) in [6.07, 6.45) is 2.45. The minimum Gasteiger partial charge on any atom is -0.428 e. The quantitative estimate of drug-likeness (QED) is 0.745. The SMILES string of the molecule is CC1(C)CCC(c2cccc(=O)c(OC(=O)OC(C)(C)C)c2)C1. The van der Waals surface area contributed by atoms with Crippen LogP contribution in [0.2, 0.25) is 0 Å². The van der Waals surface area contributed by atoms with E-state index in [4.69, 9.17) is 9.47 Å². The Labute approximate surface area is 137 Å². The van der Waals surface area contributed by atoms with Gasteiger partial charge in [0.1, 0.15) is 5.60 Å². The second kappa shape index (κ2) is 6.34. The molecule has 0 N–H and O–H groups in total. The predicted molar refractivity (Wildman–Crippen MR) is 89.9 cm³/mol. The Bertz CT molecular complexity index is 640. The molecule has 0 heterocycles. The molecule has 0 aliphatic heterocycles. The van der Waals surface area contributed by atoms with Gasteiger partial charge in [-0.15, -0.1) is 0 Å². The maximum Gasteiger partial charge on any atom is 0.514 e. The molecule has 1 aromatic carbocycles. The first-order chi connectivity index (χ1) is 10.6. The van der Waals surface area contributed by atoms with Crippen molar-refractivity contribution in [1.82, 2.24) is 0 Å². The van der Waals surface area contributed by atoms with E-state index in [2.05, 4.69) is 13.8 Å². The average molecular weight is 318 g/mol. The first kappa shape index (κ1) is 17.5. The highest BCUT2D eigenvalue weighted by atomic mass is 16.7. The Morgan fingerprint density at radius 1 is 1.26 bits per heavy atom. The highest BCUT2D eigenvalue weighted by Crippen LogP contribution is 2.46. The molecule has 1 unspecified atom stereocenters. The fourth-order valence-corrected chi connectivity index (χ4v) is 3.01. The zero-order valence-corrected chi connectivity index (χ0v) is 14.6. The first-order valence-electron chi connectivity index (χ1n) is 8.11. The molecule has 23 heavy (non-hydrogen) atoms. The maximum absolute atomic E-state index is 12.1. The van der Waals surface area contributed by atoms with E-state index >= 15 is 0 Å². The van der Waals surface area contributed by atoms with Gasteiger partial charge >= 0.3 is 6.16 Å². The molecule has 1 fully saturated rings. The summed E-state index contributed by atoms with van der Waals surface area (Å²) in [5.41, 5.74) is 0.372. The summed E-state index contributed by atoms with van der Waals surface area (Å²) in [4.78, 5) is 23.9. The van der Waals surface area contributed by atoms with Gasteiger partial charge in [0.05, 0.1) is 0 Å². The predicted octanol–water partition coefficient (Wildman–Crippen LogP) is 4.65. The lowest BCUT2D eigenvalue weighted by molar-refractivity contribution is 0.0204. The number of hydrogen-bond acceptors (Lipinski definition) is 4. The molecular formula is C19H26O4. The third-order valence-electron chi connectivity index (χ3n) is 4.10. The summed E-state index contributed by atoms with van der Waals surface area (Å²) >= 11 is 0. The van der Waals surface area contributed by atoms with Crippen molar-refractivity contribution >= 4 is 6.16 Å². The fraction of sp³-hybridized carbons (Fsp3) is 0.579.